The summed E-state index contributed by atoms with van der Waals surface area (Å²) in [5, 5.41) is 9.19. The normalized spacial score (nSPS) is 27.6. The Labute approximate surface area is 114 Å². The van der Waals surface area contributed by atoms with Crippen molar-refractivity contribution in [1.82, 2.24) is 9.80 Å². The second kappa shape index (κ2) is 6.26. The van der Waals surface area contributed by atoms with Crippen LogP contribution < -0.4 is 0 Å². The van der Waals surface area contributed by atoms with E-state index in [1.54, 1.807) is 4.90 Å². The Balaban J connectivity index is 2.06. The van der Waals surface area contributed by atoms with Crippen LogP contribution in [0.3, 0.4) is 0 Å². The summed E-state index contributed by atoms with van der Waals surface area (Å²) in [7, 11) is 0. The molecule has 1 N–H and O–H groups in total. The highest BCUT2D eigenvalue weighted by Crippen LogP contribution is 2.26. The molecule has 2 saturated heterocycles. The number of likely N-dealkylation sites (tertiary alicyclic amines) is 2. The Kier molecular flexibility index (Phi) is 4.66. The first-order valence-electron chi connectivity index (χ1n) is 7.45. The van der Waals surface area contributed by atoms with Crippen LogP contribution in [0.15, 0.2) is 0 Å². The van der Waals surface area contributed by atoms with Crippen molar-refractivity contribution < 1.29 is 14.7 Å². The molecule has 2 fully saturated rings. The van der Waals surface area contributed by atoms with E-state index in [0.717, 1.165) is 38.6 Å². The minimum Gasteiger partial charge on any atom is -0.480 e. The highest BCUT2D eigenvalue weighted by atomic mass is 16.4. The highest BCUT2D eigenvalue weighted by Gasteiger charge is 2.38. The lowest BCUT2D eigenvalue weighted by molar-refractivity contribution is -0.141. The number of nitrogens with zero attached hydrogens (tertiary/aromatic N) is 2. The van der Waals surface area contributed by atoms with Crippen LogP contribution >= 0.6 is 0 Å². The standard InChI is InChI=1S/C14H24N2O3/c1-2-6-11-7-3-4-9-15(11)14(19)16-10-5-8-12(16)13(17)18/h11-12H,2-10H2,1H3,(H,17,18). The average Bonchev–Trinajstić information content (AvgIpc) is 2.88. The molecule has 2 aliphatic heterocycles. The van der Waals surface area contributed by atoms with E-state index in [1.807, 2.05) is 4.90 Å². The monoisotopic (exact) mass is 268 g/mol. The van der Waals surface area contributed by atoms with E-state index in [0.29, 0.717) is 19.0 Å². The first-order chi connectivity index (χ1) is 9.15. The van der Waals surface area contributed by atoms with Gasteiger partial charge in [0, 0.05) is 19.1 Å². The van der Waals surface area contributed by atoms with E-state index in [1.165, 1.54) is 6.42 Å². The summed E-state index contributed by atoms with van der Waals surface area (Å²) in [6.45, 7) is 3.50. The number of carboxylic acids is 1. The zero-order valence-electron chi connectivity index (χ0n) is 11.7. The largest absolute Gasteiger partial charge is 0.480 e. The van der Waals surface area contributed by atoms with Gasteiger partial charge < -0.3 is 14.9 Å². The Morgan fingerprint density at radius 3 is 2.53 bits per heavy atom. The summed E-state index contributed by atoms with van der Waals surface area (Å²) in [4.78, 5) is 27.3. The summed E-state index contributed by atoms with van der Waals surface area (Å²) in [6.07, 6.45) is 6.76. The van der Waals surface area contributed by atoms with Crippen LogP contribution in [0.2, 0.25) is 0 Å². The van der Waals surface area contributed by atoms with Gasteiger partial charge in [-0.1, -0.05) is 13.3 Å². The number of carboxylic acid groups (broad SMARTS) is 1. The summed E-state index contributed by atoms with van der Waals surface area (Å²) in [6, 6.07) is -0.360. The highest BCUT2D eigenvalue weighted by molar-refractivity contribution is 5.83. The average molecular weight is 268 g/mol. The van der Waals surface area contributed by atoms with Crippen molar-refractivity contribution in [2.45, 2.75) is 64.0 Å². The number of hydrogen-bond donors (Lipinski definition) is 1. The van der Waals surface area contributed by atoms with E-state index in [4.69, 9.17) is 0 Å². The zero-order chi connectivity index (χ0) is 13.8. The molecule has 19 heavy (non-hydrogen) atoms. The van der Waals surface area contributed by atoms with Gasteiger partial charge in [-0.25, -0.2) is 9.59 Å². The maximum atomic E-state index is 12.6. The molecule has 0 aromatic heterocycles. The van der Waals surface area contributed by atoms with Crippen LogP contribution in [0.4, 0.5) is 4.79 Å². The SMILES string of the molecule is CCCC1CCCCN1C(=O)N1CCCC1C(=O)O. The Hall–Kier alpha value is -1.26. The number of carbonyl (C=O) groups is 2. The third-order valence-corrected chi connectivity index (χ3v) is 4.28. The van der Waals surface area contributed by atoms with Crippen molar-refractivity contribution in [2.24, 2.45) is 0 Å². The molecule has 2 amide bonds. The van der Waals surface area contributed by atoms with Gasteiger partial charge in [0.15, 0.2) is 0 Å². The first-order valence-corrected chi connectivity index (χ1v) is 7.45. The van der Waals surface area contributed by atoms with Gasteiger partial charge in [0.05, 0.1) is 0 Å². The van der Waals surface area contributed by atoms with Crippen LogP contribution in [-0.4, -0.2) is 52.1 Å². The van der Waals surface area contributed by atoms with Gasteiger partial charge in [0.1, 0.15) is 6.04 Å². The zero-order valence-corrected chi connectivity index (χ0v) is 11.7. The van der Waals surface area contributed by atoms with Gasteiger partial charge in [-0.3, -0.25) is 0 Å². The molecule has 2 heterocycles. The maximum absolute atomic E-state index is 12.6. The Morgan fingerprint density at radius 2 is 1.84 bits per heavy atom. The van der Waals surface area contributed by atoms with Crippen molar-refractivity contribution in [2.75, 3.05) is 13.1 Å². The van der Waals surface area contributed by atoms with Crippen molar-refractivity contribution in [3.05, 3.63) is 0 Å². The first kappa shape index (κ1) is 14.2. The lowest BCUT2D eigenvalue weighted by Gasteiger charge is -2.39. The predicted molar refractivity (Wildman–Crippen MR) is 72.0 cm³/mol. The molecule has 0 aliphatic carbocycles. The fraction of sp³-hybridized carbons (Fsp3) is 0.857. The van der Waals surface area contributed by atoms with Crippen LogP contribution in [0.1, 0.15) is 51.9 Å². The van der Waals surface area contributed by atoms with Crippen molar-refractivity contribution >= 4 is 12.0 Å². The summed E-state index contributed by atoms with van der Waals surface area (Å²) in [5.74, 6) is -0.866. The molecule has 0 radical (unpaired) electrons. The molecule has 5 nitrogen and oxygen atoms in total. The van der Waals surface area contributed by atoms with Gasteiger partial charge in [-0.2, -0.15) is 0 Å². The maximum Gasteiger partial charge on any atom is 0.326 e. The van der Waals surface area contributed by atoms with E-state index < -0.39 is 12.0 Å². The molecule has 0 bridgehead atoms. The van der Waals surface area contributed by atoms with E-state index in [9.17, 15) is 14.7 Å². The van der Waals surface area contributed by atoms with Crippen molar-refractivity contribution in [3.63, 3.8) is 0 Å². The van der Waals surface area contributed by atoms with Gasteiger partial charge >= 0.3 is 12.0 Å². The number of aliphatic carboxylic acids is 1. The Bertz CT molecular complexity index is 344. The number of rotatable bonds is 3. The molecular formula is C14H24N2O3. The summed E-state index contributed by atoms with van der Waals surface area (Å²) in [5.41, 5.74) is 0. The molecule has 0 aromatic rings. The van der Waals surface area contributed by atoms with Gasteiger partial charge in [0.2, 0.25) is 0 Å². The molecule has 0 saturated carbocycles. The van der Waals surface area contributed by atoms with E-state index >= 15 is 0 Å². The lowest BCUT2D eigenvalue weighted by Crippen LogP contribution is -2.53. The third kappa shape index (κ3) is 3.01. The van der Waals surface area contributed by atoms with Gasteiger partial charge in [0.25, 0.3) is 0 Å². The minimum absolute atomic E-state index is 0.0527. The topological polar surface area (TPSA) is 60.9 Å². The quantitative estimate of drug-likeness (QED) is 0.854. The number of hydrogen-bond acceptors (Lipinski definition) is 2. The van der Waals surface area contributed by atoms with Crippen molar-refractivity contribution in [1.29, 1.82) is 0 Å². The molecule has 0 spiro atoms. The molecule has 5 heteroatoms. The Morgan fingerprint density at radius 1 is 1.11 bits per heavy atom. The second-order valence-electron chi connectivity index (χ2n) is 5.60. The fourth-order valence-electron chi connectivity index (χ4n) is 3.30. The van der Waals surface area contributed by atoms with E-state index in [2.05, 4.69) is 6.92 Å². The van der Waals surface area contributed by atoms with E-state index in [-0.39, 0.29) is 6.03 Å². The predicted octanol–water partition coefficient (Wildman–Crippen LogP) is 2.31. The second-order valence-corrected chi connectivity index (χ2v) is 5.60. The van der Waals surface area contributed by atoms with Gasteiger partial charge in [-0.15, -0.1) is 0 Å². The summed E-state index contributed by atoms with van der Waals surface area (Å²) >= 11 is 0. The fourth-order valence-corrected chi connectivity index (χ4v) is 3.30. The minimum atomic E-state index is -0.866. The number of amides is 2. The summed E-state index contributed by atoms with van der Waals surface area (Å²) < 4.78 is 0. The van der Waals surface area contributed by atoms with Crippen molar-refractivity contribution in [3.8, 4) is 0 Å². The van der Waals surface area contributed by atoms with Gasteiger partial charge in [-0.05, 0) is 38.5 Å². The molecule has 108 valence electrons. The van der Waals surface area contributed by atoms with Crippen LogP contribution in [-0.2, 0) is 4.79 Å². The smallest absolute Gasteiger partial charge is 0.326 e. The molecule has 0 aromatic carbocycles. The number of urea groups is 1. The number of carbonyl (C=O) groups excluding carboxylic acids is 1. The van der Waals surface area contributed by atoms with Crippen LogP contribution in [0, 0.1) is 0 Å². The third-order valence-electron chi connectivity index (χ3n) is 4.28. The molecule has 2 unspecified atom stereocenters. The van der Waals surface area contributed by atoms with Crippen LogP contribution in [0.25, 0.3) is 0 Å². The molecule has 2 rings (SSSR count). The molecule has 2 atom stereocenters. The molecular weight excluding hydrogens is 244 g/mol. The lowest BCUT2D eigenvalue weighted by atomic mass is 9.98. The number of piperidine rings is 1. The van der Waals surface area contributed by atoms with Crippen LogP contribution in [0.5, 0.6) is 0 Å². The molecule has 2 aliphatic rings.